The zero-order chi connectivity index (χ0) is 62.0. The standard InChI is InChI=1S/C86H66B2N2S2/c1-85(2,3)65-41-35-57(36-42-65)63-47-76-82-80(51-63)91-78-49-61(55-23-12-7-13-24-55)39-45-70(78)87(82)72-53-73-75(54-74(72)89(76)67-31-20-11-21-32-67)90(84-68(59-27-16-9-17-28-59)33-22-34-69(84)60-29-18-10-19-30-60)77-48-64(58-37-43-66(44-38-58)86(4,5)6)52-81-83(77)88(73)71-46-40-62(50-79(71)92-81)56-25-14-8-15-26-56/h7-54H,1-6H3. The molecule has 0 saturated carbocycles. The number of anilines is 6. The molecular formula is C86H66B2N2S2. The van der Waals surface area contributed by atoms with E-state index in [1.54, 1.807) is 0 Å². The second-order valence-corrected chi connectivity index (χ2v) is 29.4. The average Bonchev–Trinajstić information content (AvgIpc) is 0.691. The summed E-state index contributed by atoms with van der Waals surface area (Å²) in [6, 6.07) is 111. The van der Waals surface area contributed by atoms with E-state index in [0.717, 1.165) is 11.4 Å². The zero-order valence-corrected chi connectivity index (χ0v) is 54.2. The first kappa shape index (κ1) is 56.3. The van der Waals surface area contributed by atoms with Crippen molar-refractivity contribution in [1.29, 1.82) is 0 Å². The summed E-state index contributed by atoms with van der Waals surface area (Å²) in [5.74, 6) is 0. The lowest BCUT2D eigenvalue weighted by atomic mass is 9.31. The van der Waals surface area contributed by atoms with Crippen molar-refractivity contribution in [3.8, 4) is 66.8 Å². The molecule has 0 amide bonds. The fraction of sp³-hybridized carbons (Fsp3) is 0.0930. The summed E-state index contributed by atoms with van der Waals surface area (Å²) < 4.78 is 0. The van der Waals surface area contributed by atoms with Crippen LogP contribution in [0.5, 0.6) is 0 Å². The molecule has 2 nitrogen and oxygen atoms in total. The molecule has 13 aromatic carbocycles. The van der Waals surface area contributed by atoms with Gasteiger partial charge in [-0.25, -0.2) is 0 Å². The van der Waals surface area contributed by atoms with E-state index in [1.807, 2.05) is 23.5 Å². The van der Waals surface area contributed by atoms with Crippen LogP contribution in [0.1, 0.15) is 52.7 Å². The highest BCUT2D eigenvalue weighted by atomic mass is 32.2. The summed E-state index contributed by atoms with van der Waals surface area (Å²) in [6.45, 7) is 13.6. The summed E-state index contributed by atoms with van der Waals surface area (Å²) in [6.07, 6.45) is 0. The lowest BCUT2D eigenvalue weighted by Crippen LogP contribution is -2.64. The van der Waals surface area contributed by atoms with Gasteiger partial charge < -0.3 is 9.80 Å². The smallest absolute Gasteiger partial charge is 0.249 e. The topological polar surface area (TPSA) is 6.48 Å². The minimum absolute atomic E-state index is 0.0108. The van der Waals surface area contributed by atoms with Crippen molar-refractivity contribution < 1.29 is 0 Å². The molecule has 6 heteroatoms. The van der Waals surface area contributed by atoms with Gasteiger partial charge in [-0.15, -0.1) is 0 Å². The van der Waals surface area contributed by atoms with Crippen LogP contribution < -0.4 is 42.6 Å². The van der Waals surface area contributed by atoms with Gasteiger partial charge in [0.2, 0.25) is 13.4 Å². The molecule has 92 heavy (non-hydrogen) atoms. The predicted octanol–water partition coefficient (Wildman–Crippen LogP) is 19.8. The second kappa shape index (κ2) is 22.0. The molecule has 17 rings (SSSR count). The van der Waals surface area contributed by atoms with Gasteiger partial charge >= 0.3 is 0 Å². The van der Waals surface area contributed by atoms with E-state index < -0.39 is 0 Å². The summed E-state index contributed by atoms with van der Waals surface area (Å²) in [5, 5.41) is 0. The van der Waals surface area contributed by atoms with Crippen LogP contribution in [0.3, 0.4) is 0 Å². The Morgan fingerprint density at radius 3 is 1.04 bits per heavy atom. The number of fused-ring (bicyclic) bond motifs is 8. The van der Waals surface area contributed by atoms with Gasteiger partial charge in [0.15, 0.2) is 0 Å². The van der Waals surface area contributed by atoms with Crippen molar-refractivity contribution >= 4 is 104 Å². The first-order valence-electron chi connectivity index (χ1n) is 32.3. The molecule has 0 saturated heterocycles. The first-order valence-corrected chi connectivity index (χ1v) is 33.9. The van der Waals surface area contributed by atoms with Crippen LogP contribution in [0.2, 0.25) is 0 Å². The van der Waals surface area contributed by atoms with E-state index in [2.05, 4.69) is 343 Å². The van der Waals surface area contributed by atoms with Crippen LogP contribution in [0.25, 0.3) is 66.8 Å². The van der Waals surface area contributed by atoms with E-state index in [-0.39, 0.29) is 24.3 Å². The van der Waals surface area contributed by atoms with Crippen LogP contribution in [0, 0.1) is 0 Å². The van der Waals surface area contributed by atoms with E-state index in [1.165, 1.54) is 153 Å². The van der Waals surface area contributed by atoms with Crippen LogP contribution in [-0.2, 0) is 10.8 Å². The third kappa shape index (κ3) is 9.52. The van der Waals surface area contributed by atoms with E-state index in [0.29, 0.717) is 0 Å². The maximum atomic E-state index is 2.71. The largest absolute Gasteiger partial charge is 0.311 e. The lowest BCUT2D eigenvalue weighted by Gasteiger charge is -2.45. The number of para-hydroxylation sites is 2. The van der Waals surface area contributed by atoms with Crippen molar-refractivity contribution in [1.82, 2.24) is 0 Å². The Bertz CT molecular complexity index is 4980. The molecule has 0 fully saturated rings. The number of benzene rings is 13. The molecule has 0 atom stereocenters. The van der Waals surface area contributed by atoms with Crippen LogP contribution in [-0.4, -0.2) is 13.4 Å². The molecule has 0 aliphatic carbocycles. The molecule has 0 N–H and O–H groups in total. The third-order valence-corrected chi connectivity index (χ3v) is 21.8. The number of hydrogen-bond donors (Lipinski definition) is 0. The minimum Gasteiger partial charge on any atom is -0.311 e. The van der Waals surface area contributed by atoms with Gasteiger partial charge in [0, 0.05) is 59.1 Å². The van der Waals surface area contributed by atoms with E-state index >= 15 is 0 Å². The Kier molecular flexibility index (Phi) is 13.5. The molecule has 0 bridgehead atoms. The van der Waals surface area contributed by atoms with Gasteiger partial charge in [0.25, 0.3) is 0 Å². The maximum absolute atomic E-state index is 2.71. The molecular weight excluding hydrogens is 1150 g/mol. The van der Waals surface area contributed by atoms with Gasteiger partial charge in [0.1, 0.15) is 0 Å². The summed E-state index contributed by atoms with van der Waals surface area (Å²) in [5.41, 5.74) is 32.0. The summed E-state index contributed by atoms with van der Waals surface area (Å²) >= 11 is 3.87. The van der Waals surface area contributed by atoms with Crippen molar-refractivity contribution in [3.63, 3.8) is 0 Å². The molecule has 4 aliphatic heterocycles. The SMILES string of the molecule is CC(C)(C)c1ccc(-c2cc3c4c(c2)N(c2ccccc2)c2cc5c(cc2B4c2ccc(-c4ccccc4)cc2S3)B2c3ccc(-c4ccccc4)cc3Sc3cc(-c4ccc(C(C)(C)C)cc4)cc(c32)N5c2c(-c3ccccc3)cccc2-c2ccccc2)cc1. The lowest BCUT2D eigenvalue weighted by molar-refractivity contribution is 0.590. The van der Waals surface area contributed by atoms with Gasteiger partial charge in [0.05, 0.1) is 5.69 Å². The molecule has 13 aromatic rings. The van der Waals surface area contributed by atoms with Crippen LogP contribution >= 0.6 is 23.5 Å². The molecule has 438 valence electrons. The van der Waals surface area contributed by atoms with Crippen LogP contribution in [0.15, 0.2) is 311 Å². The van der Waals surface area contributed by atoms with Crippen molar-refractivity contribution in [3.05, 3.63) is 302 Å². The maximum Gasteiger partial charge on any atom is 0.249 e. The first-order chi connectivity index (χ1) is 44.9. The average molecular weight is 1210 g/mol. The normalized spacial score (nSPS) is 13.4. The second-order valence-electron chi connectivity index (χ2n) is 27.2. The summed E-state index contributed by atoms with van der Waals surface area (Å²) in [7, 11) is 0. The third-order valence-electron chi connectivity index (χ3n) is 19.5. The molecule has 4 aliphatic rings. The number of hydrogen-bond acceptors (Lipinski definition) is 4. The van der Waals surface area contributed by atoms with Gasteiger partial charge in [-0.05, 0) is 154 Å². The number of nitrogens with zero attached hydrogens (tertiary/aromatic N) is 2. The monoisotopic (exact) mass is 1210 g/mol. The van der Waals surface area contributed by atoms with Crippen molar-refractivity contribution in [2.24, 2.45) is 0 Å². The van der Waals surface area contributed by atoms with Crippen molar-refractivity contribution in [2.45, 2.75) is 72.0 Å². The molecule has 0 radical (unpaired) electrons. The Balaban J connectivity index is 1.00. The Hall–Kier alpha value is -9.71. The van der Waals surface area contributed by atoms with Gasteiger partial charge in [-0.3, -0.25) is 0 Å². The van der Waals surface area contributed by atoms with Crippen LogP contribution in [0.4, 0.5) is 34.1 Å². The number of rotatable bonds is 8. The highest BCUT2D eigenvalue weighted by Gasteiger charge is 2.47. The molecule has 0 spiro atoms. The molecule has 0 aromatic heterocycles. The van der Waals surface area contributed by atoms with E-state index in [9.17, 15) is 0 Å². The highest BCUT2D eigenvalue weighted by Crippen LogP contribution is 2.53. The van der Waals surface area contributed by atoms with Crippen molar-refractivity contribution in [2.75, 3.05) is 9.80 Å². The highest BCUT2D eigenvalue weighted by molar-refractivity contribution is 8.00. The van der Waals surface area contributed by atoms with Gasteiger partial charge in [-0.1, -0.05) is 313 Å². The zero-order valence-electron chi connectivity index (χ0n) is 52.6. The quantitative estimate of drug-likeness (QED) is 0.140. The fourth-order valence-corrected chi connectivity index (χ4v) is 17.3. The minimum atomic E-state index is -0.110. The van der Waals surface area contributed by atoms with E-state index in [4.69, 9.17) is 0 Å². The summed E-state index contributed by atoms with van der Waals surface area (Å²) in [4.78, 5) is 10.5. The van der Waals surface area contributed by atoms with Gasteiger partial charge in [-0.2, -0.15) is 0 Å². The fourth-order valence-electron chi connectivity index (χ4n) is 14.8. The Morgan fingerprint density at radius 1 is 0.261 bits per heavy atom. The Labute approximate surface area is 550 Å². The Morgan fingerprint density at radius 2 is 0.620 bits per heavy atom. The molecule has 4 heterocycles. The molecule has 0 unspecified atom stereocenters. The predicted molar refractivity (Wildman–Crippen MR) is 396 cm³/mol.